The quantitative estimate of drug-likeness (QED) is 0.647. The zero-order valence-corrected chi connectivity index (χ0v) is 9.91. The molecule has 5 atom stereocenters. The molecule has 0 saturated heterocycles. The predicted octanol–water partition coefficient (Wildman–Crippen LogP) is 3.36. The van der Waals surface area contributed by atoms with Crippen LogP contribution in [0.15, 0.2) is 0 Å². The summed E-state index contributed by atoms with van der Waals surface area (Å²) in [5.74, 6) is 3.42. The Morgan fingerprint density at radius 3 is 2.07 bits per heavy atom. The molecular formula is C14H24O. The maximum Gasteiger partial charge on any atom is 0.0653 e. The van der Waals surface area contributed by atoms with Crippen LogP contribution in [0.25, 0.3) is 0 Å². The molecule has 1 nitrogen and oxygen atoms in total. The number of hydrogen-bond donors (Lipinski definition) is 1. The van der Waals surface area contributed by atoms with Crippen molar-refractivity contribution in [2.45, 2.75) is 63.9 Å². The molecule has 5 unspecified atom stereocenters. The lowest BCUT2D eigenvalue weighted by molar-refractivity contribution is -0.160. The first-order valence-electron chi connectivity index (χ1n) is 6.92. The van der Waals surface area contributed by atoms with Crippen LogP contribution in [0.3, 0.4) is 0 Å². The molecule has 3 rings (SSSR count). The molecule has 0 aromatic heterocycles. The van der Waals surface area contributed by atoms with Crippen molar-refractivity contribution in [1.29, 1.82) is 0 Å². The Balaban J connectivity index is 1.82. The van der Waals surface area contributed by atoms with Crippen LogP contribution in [0.5, 0.6) is 0 Å². The van der Waals surface area contributed by atoms with E-state index in [-0.39, 0.29) is 5.60 Å². The van der Waals surface area contributed by atoms with Gasteiger partial charge in [-0.1, -0.05) is 25.7 Å². The van der Waals surface area contributed by atoms with Crippen LogP contribution in [0.4, 0.5) is 0 Å². The summed E-state index contributed by atoms with van der Waals surface area (Å²) in [7, 11) is 0. The zero-order valence-electron chi connectivity index (χ0n) is 9.91. The molecule has 3 fully saturated rings. The first-order valence-corrected chi connectivity index (χ1v) is 6.92. The lowest BCUT2D eigenvalue weighted by atomic mass is 9.47. The maximum absolute atomic E-state index is 10.6. The van der Waals surface area contributed by atoms with Gasteiger partial charge in [-0.3, -0.25) is 0 Å². The van der Waals surface area contributed by atoms with E-state index in [1.165, 1.54) is 44.9 Å². The summed E-state index contributed by atoms with van der Waals surface area (Å²) in [6.07, 6.45) is 10.8. The lowest BCUT2D eigenvalue weighted by Crippen LogP contribution is -2.57. The molecule has 15 heavy (non-hydrogen) atoms. The molecule has 0 heterocycles. The molecule has 0 aromatic carbocycles. The van der Waals surface area contributed by atoms with Crippen LogP contribution in [0, 0.1) is 23.7 Å². The highest BCUT2D eigenvalue weighted by atomic mass is 16.3. The molecule has 0 radical (unpaired) electrons. The molecule has 0 aliphatic heterocycles. The second-order valence-electron chi connectivity index (χ2n) is 6.40. The van der Waals surface area contributed by atoms with Crippen LogP contribution in [-0.4, -0.2) is 10.7 Å². The van der Waals surface area contributed by atoms with E-state index in [0.29, 0.717) is 5.92 Å². The number of fused-ring (bicyclic) bond motifs is 4. The smallest absolute Gasteiger partial charge is 0.0653 e. The molecular weight excluding hydrogens is 184 g/mol. The van der Waals surface area contributed by atoms with Crippen molar-refractivity contribution in [2.75, 3.05) is 0 Å². The Morgan fingerprint density at radius 2 is 1.40 bits per heavy atom. The van der Waals surface area contributed by atoms with Crippen LogP contribution in [0.2, 0.25) is 0 Å². The predicted molar refractivity (Wildman–Crippen MR) is 61.5 cm³/mol. The van der Waals surface area contributed by atoms with Crippen LogP contribution in [0.1, 0.15) is 58.3 Å². The Morgan fingerprint density at radius 1 is 0.867 bits per heavy atom. The zero-order chi connectivity index (χ0) is 10.5. The van der Waals surface area contributed by atoms with Gasteiger partial charge in [0.25, 0.3) is 0 Å². The van der Waals surface area contributed by atoms with Gasteiger partial charge in [0.15, 0.2) is 0 Å². The average Bonchev–Trinajstić information content (AvgIpc) is 2.30. The topological polar surface area (TPSA) is 20.2 Å². The highest BCUT2D eigenvalue weighted by Gasteiger charge is 2.57. The third kappa shape index (κ3) is 1.46. The van der Waals surface area contributed by atoms with Crippen molar-refractivity contribution in [3.63, 3.8) is 0 Å². The largest absolute Gasteiger partial charge is 0.390 e. The van der Waals surface area contributed by atoms with Gasteiger partial charge in [-0.15, -0.1) is 0 Å². The molecule has 3 saturated carbocycles. The van der Waals surface area contributed by atoms with Gasteiger partial charge in [0.05, 0.1) is 5.60 Å². The van der Waals surface area contributed by atoms with Crippen molar-refractivity contribution in [2.24, 2.45) is 23.7 Å². The fourth-order valence-electron chi connectivity index (χ4n) is 4.95. The number of hydrogen-bond acceptors (Lipinski definition) is 1. The van der Waals surface area contributed by atoms with Crippen molar-refractivity contribution >= 4 is 0 Å². The van der Waals surface area contributed by atoms with Gasteiger partial charge in [0.2, 0.25) is 0 Å². The third-order valence-corrected chi connectivity index (χ3v) is 5.54. The van der Waals surface area contributed by atoms with E-state index < -0.39 is 0 Å². The summed E-state index contributed by atoms with van der Waals surface area (Å²) in [5.41, 5.74) is -0.334. The van der Waals surface area contributed by atoms with E-state index in [4.69, 9.17) is 0 Å². The Kier molecular flexibility index (Phi) is 2.35. The number of rotatable bonds is 0. The maximum atomic E-state index is 10.6. The molecule has 0 bridgehead atoms. The summed E-state index contributed by atoms with van der Waals surface area (Å²) in [5, 5.41) is 10.6. The second-order valence-corrected chi connectivity index (χ2v) is 6.40. The van der Waals surface area contributed by atoms with Crippen molar-refractivity contribution in [1.82, 2.24) is 0 Å². The first-order chi connectivity index (χ1) is 7.20. The fourth-order valence-corrected chi connectivity index (χ4v) is 4.95. The van der Waals surface area contributed by atoms with E-state index in [1.807, 2.05) is 0 Å². The minimum Gasteiger partial charge on any atom is -0.390 e. The fraction of sp³-hybridized carbons (Fsp3) is 1.00. The van der Waals surface area contributed by atoms with Gasteiger partial charge < -0.3 is 5.11 Å². The SMILES string of the molecule is CC1(O)CCCCC2C3CCCCC3C21. The lowest BCUT2D eigenvalue weighted by Gasteiger charge is -2.59. The Bertz CT molecular complexity index is 246. The molecule has 3 aliphatic carbocycles. The summed E-state index contributed by atoms with van der Waals surface area (Å²) in [4.78, 5) is 0. The van der Waals surface area contributed by atoms with E-state index >= 15 is 0 Å². The normalized spacial score (nSPS) is 54.8. The number of aliphatic hydroxyl groups is 1. The minimum atomic E-state index is -0.334. The van der Waals surface area contributed by atoms with Gasteiger partial charge in [-0.25, -0.2) is 0 Å². The Hall–Kier alpha value is -0.0400. The summed E-state index contributed by atoms with van der Waals surface area (Å²) >= 11 is 0. The highest BCUT2D eigenvalue weighted by molar-refractivity contribution is 5.06. The monoisotopic (exact) mass is 208 g/mol. The van der Waals surface area contributed by atoms with Crippen LogP contribution < -0.4 is 0 Å². The Labute approximate surface area is 93.3 Å². The molecule has 1 N–H and O–H groups in total. The van der Waals surface area contributed by atoms with Gasteiger partial charge >= 0.3 is 0 Å². The third-order valence-electron chi connectivity index (χ3n) is 5.54. The summed E-state index contributed by atoms with van der Waals surface area (Å²) in [6, 6.07) is 0. The van der Waals surface area contributed by atoms with E-state index in [9.17, 15) is 5.11 Å². The summed E-state index contributed by atoms with van der Waals surface area (Å²) in [6.45, 7) is 2.11. The molecule has 0 amide bonds. The minimum absolute atomic E-state index is 0.334. The molecule has 3 aliphatic rings. The van der Waals surface area contributed by atoms with Crippen LogP contribution in [-0.2, 0) is 0 Å². The summed E-state index contributed by atoms with van der Waals surface area (Å²) < 4.78 is 0. The van der Waals surface area contributed by atoms with Gasteiger partial charge in [0.1, 0.15) is 0 Å². The molecule has 0 aromatic rings. The van der Waals surface area contributed by atoms with Gasteiger partial charge in [-0.2, -0.15) is 0 Å². The van der Waals surface area contributed by atoms with Crippen molar-refractivity contribution < 1.29 is 5.11 Å². The van der Waals surface area contributed by atoms with E-state index in [0.717, 1.165) is 24.2 Å². The molecule has 86 valence electrons. The average molecular weight is 208 g/mol. The van der Waals surface area contributed by atoms with Crippen molar-refractivity contribution in [3.05, 3.63) is 0 Å². The highest BCUT2D eigenvalue weighted by Crippen LogP contribution is 2.60. The van der Waals surface area contributed by atoms with Crippen LogP contribution >= 0.6 is 0 Å². The van der Waals surface area contributed by atoms with Gasteiger partial charge in [0, 0.05) is 0 Å². The second kappa shape index (κ2) is 3.48. The molecule has 0 spiro atoms. The molecule has 1 heteroatoms. The van der Waals surface area contributed by atoms with Crippen molar-refractivity contribution in [3.8, 4) is 0 Å². The standard InChI is InChI=1S/C14H24O/c1-14(15)9-5-4-8-12-10-6-2-3-7-11(10)13(12)14/h10-13,15H,2-9H2,1H3. The van der Waals surface area contributed by atoms with Gasteiger partial charge in [-0.05, 0) is 56.3 Å². The van der Waals surface area contributed by atoms with E-state index in [1.54, 1.807) is 0 Å². The first kappa shape index (κ1) is 10.1. The van der Waals surface area contributed by atoms with E-state index in [2.05, 4.69) is 6.92 Å².